The zero-order valence-corrected chi connectivity index (χ0v) is 9.12. The number of aryl methyl sites for hydroxylation is 1. The van der Waals surface area contributed by atoms with Gasteiger partial charge in [0.2, 0.25) is 0 Å². The van der Waals surface area contributed by atoms with E-state index in [9.17, 15) is 9.59 Å². The van der Waals surface area contributed by atoms with Crippen LogP contribution in [0.25, 0.3) is 11.3 Å². The second-order valence-electron chi connectivity index (χ2n) is 3.58. The van der Waals surface area contributed by atoms with Crippen molar-refractivity contribution in [2.45, 2.75) is 0 Å². The summed E-state index contributed by atoms with van der Waals surface area (Å²) in [6.07, 6.45) is 2.85. The molecular weight excluding hydrogens is 220 g/mol. The second kappa shape index (κ2) is 4.21. The first kappa shape index (κ1) is 11.1. The first-order valence-electron chi connectivity index (χ1n) is 4.95. The molecule has 2 aromatic rings. The number of rotatable bonds is 2. The molecule has 5 heteroatoms. The van der Waals surface area contributed by atoms with Gasteiger partial charge in [0.25, 0.3) is 5.56 Å². The highest BCUT2D eigenvalue weighted by atomic mass is 16.4. The number of hydrogen-bond acceptors (Lipinski definition) is 3. The lowest BCUT2D eigenvalue weighted by Gasteiger charge is -2.05. The molecule has 0 fully saturated rings. The molecule has 0 aromatic carbocycles. The minimum absolute atomic E-state index is 0.0627. The Morgan fingerprint density at radius 2 is 2.18 bits per heavy atom. The fourth-order valence-corrected chi connectivity index (χ4v) is 1.53. The summed E-state index contributed by atoms with van der Waals surface area (Å²) in [7, 11) is 1.52. The summed E-state index contributed by atoms with van der Waals surface area (Å²) in [6.45, 7) is 0. The Hall–Kier alpha value is -2.43. The van der Waals surface area contributed by atoms with Gasteiger partial charge in [0.15, 0.2) is 0 Å². The number of aromatic nitrogens is 2. The predicted octanol–water partition coefficient (Wildman–Crippen LogP) is 1.15. The molecule has 86 valence electrons. The van der Waals surface area contributed by atoms with Crippen LogP contribution in [-0.2, 0) is 7.05 Å². The van der Waals surface area contributed by atoms with Gasteiger partial charge in [-0.15, -0.1) is 0 Å². The third kappa shape index (κ3) is 2.08. The molecule has 0 saturated carbocycles. The predicted molar refractivity (Wildman–Crippen MR) is 61.9 cm³/mol. The minimum Gasteiger partial charge on any atom is -0.478 e. The molecule has 5 nitrogen and oxygen atoms in total. The van der Waals surface area contributed by atoms with E-state index >= 15 is 0 Å². The van der Waals surface area contributed by atoms with E-state index in [1.54, 1.807) is 24.4 Å². The SMILES string of the molecule is Cn1cc(C(=O)O)cc(-c2ccccn2)c1=O. The van der Waals surface area contributed by atoms with Gasteiger partial charge in [0.05, 0.1) is 16.8 Å². The summed E-state index contributed by atoms with van der Waals surface area (Å²) in [5, 5.41) is 8.94. The molecule has 0 aliphatic carbocycles. The maximum absolute atomic E-state index is 11.9. The molecule has 0 saturated heterocycles. The van der Waals surface area contributed by atoms with Crippen LogP contribution in [0.4, 0.5) is 0 Å². The van der Waals surface area contributed by atoms with Crippen LogP contribution in [0.5, 0.6) is 0 Å². The van der Waals surface area contributed by atoms with Gasteiger partial charge in [-0.2, -0.15) is 0 Å². The standard InChI is InChI=1S/C12H10N2O3/c1-14-7-8(12(16)17)6-9(11(14)15)10-4-2-3-5-13-10/h2-7H,1H3,(H,16,17). The van der Waals surface area contributed by atoms with Crippen LogP contribution in [0.3, 0.4) is 0 Å². The molecule has 0 bridgehead atoms. The third-order valence-corrected chi connectivity index (χ3v) is 2.37. The Kier molecular flexibility index (Phi) is 2.74. The van der Waals surface area contributed by atoms with Crippen molar-refractivity contribution in [2.24, 2.45) is 7.05 Å². The van der Waals surface area contributed by atoms with Crippen molar-refractivity contribution in [1.82, 2.24) is 9.55 Å². The van der Waals surface area contributed by atoms with Crippen LogP contribution in [0.15, 0.2) is 41.5 Å². The first-order valence-corrected chi connectivity index (χ1v) is 4.95. The topological polar surface area (TPSA) is 72.2 Å². The van der Waals surface area contributed by atoms with Gasteiger partial charge in [-0.25, -0.2) is 4.79 Å². The van der Waals surface area contributed by atoms with Gasteiger partial charge in [0.1, 0.15) is 0 Å². The van der Waals surface area contributed by atoms with Crippen molar-refractivity contribution in [1.29, 1.82) is 0 Å². The molecule has 17 heavy (non-hydrogen) atoms. The van der Waals surface area contributed by atoms with Crippen molar-refractivity contribution < 1.29 is 9.90 Å². The van der Waals surface area contributed by atoms with Crippen LogP contribution in [0, 0.1) is 0 Å². The highest BCUT2D eigenvalue weighted by Crippen LogP contribution is 2.13. The molecule has 2 heterocycles. The molecule has 2 rings (SSSR count). The number of aromatic carboxylic acids is 1. The smallest absolute Gasteiger partial charge is 0.337 e. The lowest BCUT2D eigenvalue weighted by Crippen LogP contribution is -2.20. The Bertz CT molecular complexity index is 617. The Balaban J connectivity index is 2.70. The maximum Gasteiger partial charge on any atom is 0.337 e. The summed E-state index contributed by atoms with van der Waals surface area (Å²) >= 11 is 0. The summed E-state index contributed by atoms with van der Waals surface area (Å²) in [6, 6.07) is 6.49. The Morgan fingerprint density at radius 1 is 1.41 bits per heavy atom. The minimum atomic E-state index is -1.07. The summed E-state index contributed by atoms with van der Waals surface area (Å²) in [5.74, 6) is -1.07. The summed E-state index contributed by atoms with van der Waals surface area (Å²) in [4.78, 5) is 26.8. The van der Waals surface area contributed by atoms with Crippen LogP contribution < -0.4 is 5.56 Å². The van der Waals surface area contributed by atoms with Gasteiger partial charge >= 0.3 is 5.97 Å². The van der Waals surface area contributed by atoms with E-state index in [4.69, 9.17) is 5.11 Å². The van der Waals surface area contributed by atoms with Crippen molar-refractivity contribution in [2.75, 3.05) is 0 Å². The zero-order valence-electron chi connectivity index (χ0n) is 9.12. The quantitative estimate of drug-likeness (QED) is 0.839. The van der Waals surface area contributed by atoms with E-state index in [0.29, 0.717) is 5.69 Å². The monoisotopic (exact) mass is 230 g/mol. The number of nitrogens with zero attached hydrogens (tertiary/aromatic N) is 2. The third-order valence-electron chi connectivity index (χ3n) is 2.37. The van der Waals surface area contributed by atoms with Gasteiger partial charge < -0.3 is 9.67 Å². The fraction of sp³-hybridized carbons (Fsp3) is 0.0833. The first-order chi connectivity index (χ1) is 8.09. The van der Waals surface area contributed by atoms with E-state index in [-0.39, 0.29) is 16.7 Å². The number of carboxylic acid groups (broad SMARTS) is 1. The molecule has 0 amide bonds. The van der Waals surface area contributed by atoms with Gasteiger partial charge in [0, 0.05) is 19.4 Å². The summed E-state index contributed by atoms with van der Waals surface area (Å²) < 4.78 is 1.24. The van der Waals surface area contributed by atoms with E-state index < -0.39 is 5.97 Å². The van der Waals surface area contributed by atoms with Crippen molar-refractivity contribution in [3.05, 3.63) is 52.6 Å². The molecule has 0 unspecified atom stereocenters. The second-order valence-corrected chi connectivity index (χ2v) is 3.58. The number of carbonyl (C=O) groups is 1. The van der Waals surface area contributed by atoms with Gasteiger partial charge in [-0.3, -0.25) is 9.78 Å². The highest BCUT2D eigenvalue weighted by molar-refractivity contribution is 5.88. The van der Waals surface area contributed by atoms with E-state index in [1.807, 2.05) is 0 Å². The molecule has 0 spiro atoms. The Morgan fingerprint density at radius 3 is 2.76 bits per heavy atom. The van der Waals surface area contributed by atoms with Crippen LogP contribution >= 0.6 is 0 Å². The summed E-state index contributed by atoms with van der Waals surface area (Å²) in [5.41, 5.74) is 0.547. The average molecular weight is 230 g/mol. The zero-order chi connectivity index (χ0) is 12.4. The van der Waals surface area contributed by atoms with E-state index in [1.165, 1.54) is 23.9 Å². The van der Waals surface area contributed by atoms with Crippen LogP contribution in [-0.4, -0.2) is 20.6 Å². The van der Waals surface area contributed by atoms with Crippen molar-refractivity contribution in [3.8, 4) is 11.3 Å². The Labute approximate surface area is 97.0 Å². The molecular formula is C12H10N2O3. The van der Waals surface area contributed by atoms with Gasteiger partial charge in [-0.05, 0) is 18.2 Å². The fourth-order valence-electron chi connectivity index (χ4n) is 1.53. The lowest BCUT2D eigenvalue weighted by atomic mass is 10.1. The molecule has 0 radical (unpaired) electrons. The van der Waals surface area contributed by atoms with Crippen LogP contribution in [0.1, 0.15) is 10.4 Å². The van der Waals surface area contributed by atoms with Gasteiger partial charge in [-0.1, -0.05) is 6.07 Å². The largest absolute Gasteiger partial charge is 0.478 e. The number of hydrogen-bond donors (Lipinski definition) is 1. The van der Waals surface area contributed by atoms with Crippen LogP contribution in [0.2, 0.25) is 0 Å². The van der Waals surface area contributed by atoms with E-state index in [2.05, 4.69) is 4.98 Å². The van der Waals surface area contributed by atoms with Crippen molar-refractivity contribution >= 4 is 5.97 Å². The van der Waals surface area contributed by atoms with E-state index in [0.717, 1.165) is 0 Å². The van der Waals surface area contributed by atoms with Crippen molar-refractivity contribution in [3.63, 3.8) is 0 Å². The molecule has 1 N–H and O–H groups in total. The molecule has 0 aliphatic rings. The highest BCUT2D eigenvalue weighted by Gasteiger charge is 2.11. The molecule has 0 aliphatic heterocycles. The lowest BCUT2D eigenvalue weighted by molar-refractivity contribution is 0.0696. The maximum atomic E-state index is 11.9. The average Bonchev–Trinajstić information content (AvgIpc) is 2.33. The number of carboxylic acids is 1. The molecule has 0 atom stereocenters. The molecule has 2 aromatic heterocycles. The normalized spacial score (nSPS) is 10.2. The number of pyridine rings is 2.